The second-order valence-electron chi connectivity index (χ2n) is 3.37. The Bertz CT molecular complexity index is 466. The molecule has 0 saturated heterocycles. The summed E-state index contributed by atoms with van der Waals surface area (Å²) in [7, 11) is -1.41. The van der Waals surface area contributed by atoms with Crippen LogP contribution in [0.25, 0.3) is 10.4 Å². The molecule has 2 nitrogen and oxygen atoms in total. The zero-order valence-electron chi connectivity index (χ0n) is 10.3. The normalized spacial score (nSPS) is 9.47. The van der Waals surface area contributed by atoms with Gasteiger partial charge in [-0.05, 0) is 30.1 Å². The summed E-state index contributed by atoms with van der Waals surface area (Å²) in [6.45, 7) is 6.03. The number of hydrogen-bond donors (Lipinski definition) is 2. The molecule has 1 heterocycles. The predicted molar refractivity (Wildman–Crippen MR) is 75.7 cm³/mol. The van der Waals surface area contributed by atoms with Crippen LogP contribution in [0, 0.1) is 6.92 Å². The molecule has 0 unspecified atom stereocenters. The fourth-order valence-electron chi connectivity index (χ4n) is 1.53. The van der Waals surface area contributed by atoms with Crippen molar-refractivity contribution < 1.29 is 10.0 Å². The molecule has 90 valence electrons. The lowest BCUT2D eigenvalue weighted by Crippen LogP contribution is -2.31. The van der Waals surface area contributed by atoms with E-state index < -0.39 is 7.12 Å². The van der Waals surface area contributed by atoms with Crippen LogP contribution in [0.4, 0.5) is 0 Å². The van der Waals surface area contributed by atoms with Gasteiger partial charge in [-0.15, -0.1) is 11.3 Å². The average molecular weight is 248 g/mol. The van der Waals surface area contributed by atoms with Gasteiger partial charge in [-0.1, -0.05) is 38.1 Å². The summed E-state index contributed by atoms with van der Waals surface area (Å²) in [6.07, 6.45) is 0. The van der Waals surface area contributed by atoms with Gasteiger partial charge in [-0.2, -0.15) is 0 Å². The molecule has 2 N–H and O–H groups in total. The fraction of sp³-hybridized carbons (Fsp3) is 0.231. The van der Waals surface area contributed by atoms with Crippen LogP contribution in [-0.2, 0) is 0 Å². The van der Waals surface area contributed by atoms with Gasteiger partial charge in [0.25, 0.3) is 0 Å². The smallest absolute Gasteiger partial charge is 0.423 e. The molecule has 0 aliphatic rings. The zero-order valence-corrected chi connectivity index (χ0v) is 11.2. The van der Waals surface area contributed by atoms with Crippen molar-refractivity contribution in [3.8, 4) is 10.4 Å². The van der Waals surface area contributed by atoms with Crippen LogP contribution in [0.3, 0.4) is 0 Å². The first-order valence-corrected chi connectivity index (χ1v) is 6.52. The summed E-state index contributed by atoms with van der Waals surface area (Å²) in [5.74, 6) is 0. The summed E-state index contributed by atoms with van der Waals surface area (Å²) in [6, 6.07) is 11.4. The topological polar surface area (TPSA) is 40.5 Å². The van der Waals surface area contributed by atoms with E-state index in [0.29, 0.717) is 5.46 Å². The highest BCUT2D eigenvalue weighted by Gasteiger charge is 2.16. The third-order valence-electron chi connectivity index (χ3n) is 2.24. The SMILES string of the molecule is CC.Cc1ccc(-c2ccccc2B(O)O)s1. The number of hydrogen-bond acceptors (Lipinski definition) is 3. The molecular formula is C13H17BO2S. The summed E-state index contributed by atoms with van der Waals surface area (Å²) in [4.78, 5) is 2.28. The second-order valence-corrected chi connectivity index (χ2v) is 4.66. The van der Waals surface area contributed by atoms with Crippen molar-refractivity contribution in [3.05, 3.63) is 41.3 Å². The van der Waals surface area contributed by atoms with Crippen molar-refractivity contribution in [2.24, 2.45) is 0 Å². The lowest BCUT2D eigenvalue weighted by molar-refractivity contribution is 0.426. The first-order valence-electron chi connectivity index (χ1n) is 5.70. The third-order valence-corrected chi connectivity index (χ3v) is 3.28. The monoisotopic (exact) mass is 248 g/mol. The molecule has 17 heavy (non-hydrogen) atoms. The lowest BCUT2D eigenvalue weighted by Gasteiger charge is -2.05. The summed E-state index contributed by atoms with van der Waals surface area (Å²) >= 11 is 1.65. The maximum absolute atomic E-state index is 9.23. The maximum atomic E-state index is 9.23. The van der Waals surface area contributed by atoms with Gasteiger partial charge in [0.05, 0.1) is 0 Å². The minimum atomic E-state index is -1.41. The Balaban J connectivity index is 0.000000686. The number of thiophene rings is 1. The molecule has 4 heteroatoms. The van der Waals surface area contributed by atoms with Crippen molar-refractivity contribution in [2.45, 2.75) is 20.8 Å². The van der Waals surface area contributed by atoms with E-state index in [9.17, 15) is 10.0 Å². The summed E-state index contributed by atoms with van der Waals surface area (Å²) < 4.78 is 0. The molecule has 0 amide bonds. The molecule has 0 spiro atoms. The molecule has 1 aromatic heterocycles. The van der Waals surface area contributed by atoms with Crippen molar-refractivity contribution in [1.29, 1.82) is 0 Å². The number of rotatable bonds is 2. The van der Waals surface area contributed by atoms with Crippen LogP contribution in [-0.4, -0.2) is 17.2 Å². The lowest BCUT2D eigenvalue weighted by atomic mass is 9.77. The summed E-state index contributed by atoms with van der Waals surface area (Å²) in [5.41, 5.74) is 1.45. The van der Waals surface area contributed by atoms with Crippen LogP contribution in [0.2, 0.25) is 0 Å². The van der Waals surface area contributed by atoms with Crippen LogP contribution in [0.15, 0.2) is 36.4 Å². The molecule has 0 aliphatic heterocycles. The maximum Gasteiger partial charge on any atom is 0.489 e. The quantitative estimate of drug-likeness (QED) is 0.801. The van der Waals surface area contributed by atoms with E-state index in [0.717, 1.165) is 10.4 Å². The fourth-order valence-corrected chi connectivity index (χ4v) is 2.44. The molecule has 0 saturated carbocycles. The van der Waals surface area contributed by atoms with Crippen LogP contribution in [0.5, 0.6) is 0 Å². The molecule has 1 aromatic carbocycles. The van der Waals surface area contributed by atoms with Gasteiger partial charge in [0.2, 0.25) is 0 Å². The zero-order chi connectivity index (χ0) is 12.8. The van der Waals surface area contributed by atoms with Crippen LogP contribution in [0.1, 0.15) is 18.7 Å². The third kappa shape index (κ3) is 3.43. The van der Waals surface area contributed by atoms with Gasteiger partial charge < -0.3 is 10.0 Å². The minimum Gasteiger partial charge on any atom is -0.423 e. The van der Waals surface area contributed by atoms with E-state index in [-0.39, 0.29) is 0 Å². The Kier molecular flexibility index (Phi) is 5.42. The highest BCUT2D eigenvalue weighted by Crippen LogP contribution is 2.26. The van der Waals surface area contributed by atoms with Crippen molar-refractivity contribution in [1.82, 2.24) is 0 Å². The highest BCUT2D eigenvalue weighted by molar-refractivity contribution is 7.15. The molecule has 2 aromatic rings. The molecule has 0 aliphatic carbocycles. The Morgan fingerprint density at radius 2 is 1.65 bits per heavy atom. The Hall–Kier alpha value is -1.10. The standard InChI is InChI=1S/C11H11BO2S.C2H6/c1-8-6-7-11(15-8)9-4-2-3-5-10(9)12(13)14;1-2/h2-7,13-14H,1H3;1-2H3. The number of benzene rings is 1. The van der Waals surface area contributed by atoms with E-state index in [4.69, 9.17) is 0 Å². The van der Waals surface area contributed by atoms with Crippen LogP contribution < -0.4 is 5.46 Å². The molecular weight excluding hydrogens is 231 g/mol. The van der Waals surface area contributed by atoms with E-state index in [1.807, 2.05) is 45.0 Å². The van der Waals surface area contributed by atoms with Gasteiger partial charge in [0, 0.05) is 9.75 Å². The Morgan fingerprint density at radius 3 is 2.18 bits per heavy atom. The second kappa shape index (κ2) is 6.59. The average Bonchev–Trinajstić information content (AvgIpc) is 2.78. The van der Waals surface area contributed by atoms with E-state index in [1.54, 1.807) is 23.5 Å². The van der Waals surface area contributed by atoms with Gasteiger partial charge in [-0.3, -0.25) is 0 Å². The first kappa shape index (κ1) is 14.0. The molecule has 0 bridgehead atoms. The largest absolute Gasteiger partial charge is 0.489 e. The first-order chi connectivity index (χ1) is 8.18. The van der Waals surface area contributed by atoms with Crippen molar-refractivity contribution >= 4 is 23.9 Å². The Morgan fingerprint density at radius 1 is 1.00 bits per heavy atom. The Labute approximate surface area is 107 Å². The van der Waals surface area contributed by atoms with E-state index in [2.05, 4.69) is 0 Å². The minimum absolute atomic E-state index is 0.555. The molecule has 2 rings (SSSR count). The van der Waals surface area contributed by atoms with Gasteiger partial charge >= 0.3 is 7.12 Å². The van der Waals surface area contributed by atoms with Gasteiger partial charge in [0.15, 0.2) is 0 Å². The van der Waals surface area contributed by atoms with Gasteiger partial charge in [0.1, 0.15) is 0 Å². The van der Waals surface area contributed by atoms with Crippen LogP contribution >= 0.6 is 11.3 Å². The molecule has 0 fully saturated rings. The van der Waals surface area contributed by atoms with E-state index in [1.165, 1.54) is 4.88 Å². The molecule has 0 radical (unpaired) electrons. The number of aryl methyl sites for hydroxylation is 1. The predicted octanol–water partition coefficient (Wildman–Crippen LogP) is 2.43. The molecule has 0 atom stereocenters. The highest BCUT2D eigenvalue weighted by atomic mass is 32.1. The van der Waals surface area contributed by atoms with E-state index >= 15 is 0 Å². The summed E-state index contributed by atoms with van der Waals surface area (Å²) in [5, 5.41) is 18.5. The van der Waals surface area contributed by atoms with Crippen molar-refractivity contribution in [3.63, 3.8) is 0 Å². The van der Waals surface area contributed by atoms with Gasteiger partial charge in [-0.25, -0.2) is 0 Å². The van der Waals surface area contributed by atoms with Crippen molar-refractivity contribution in [2.75, 3.05) is 0 Å².